The highest BCUT2D eigenvalue weighted by Gasteiger charge is 2.07. The van der Waals surface area contributed by atoms with E-state index in [0.29, 0.717) is 22.6 Å². The summed E-state index contributed by atoms with van der Waals surface area (Å²) in [5, 5.41) is 10.6. The SMILES string of the molecule is Cc1nnc(SCCC(=O)Nc2ccc(F)c(N)c2)o1. The highest BCUT2D eigenvalue weighted by atomic mass is 32.2. The quantitative estimate of drug-likeness (QED) is 0.649. The molecule has 2 rings (SSSR count). The predicted octanol–water partition coefficient (Wildman–Crippen LogP) is 2.22. The second-order valence-electron chi connectivity index (χ2n) is 3.97. The molecule has 20 heavy (non-hydrogen) atoms. The topological polar surface area (TPSA) is 94.0 Å². The van der Waals surface area contributed by atoms with Gasteiger partial charge >= 0.3 is 0 Å². The van der Waals surface area contributed by atoms with E-state index in [4.69, 9.17) is 10.2 Å². The van der Waals surface area contributed by atoms with Crippen LogP contribution in [0.3, 0.4) is 0 Å². The number of nitrogens with one attached hydrogen (secondary N) is 1. The van der Waals surface area contributed by atoms with Crippen molar-refractivity contribution in [2.45, 2.75) is 18.6 Å². The van der Waals surface area contributed by atoms with Gasteiger partial charge in [-0.3, -0.25) is 4.79 Å². The Morgan fingerprint density at radius 1 is 1.50 bits per heavy atom. The molecule has 0 aliphatic rings. The van der Waals surface area contributed by atoms with Crippen molar-refractivity contribution >= 4 is 29.0 Å². The molecule has 0 fully saturated rings. The zero-order chi connectivity index (χ0) is 14.5. The molecule has 106 valence electrons. The van der Waals surface area contributed by atoms with Crippen molar-refractivity contribution in [3.05, 3.63) is 29.9 Å². The molecule has 1 aromatic carbocycles. The van der Waals surface area contributed by atoms with Gasteiger partial charge in [0.15, 0.2) is 0 Å². The van der Waals surface area contributed by atoms with Crippen LogP contribution >= 0.6 is 11.8 Å². The van der Waals surface area contributed by atoms with Gasteiger partial charge < -0.3 is 15.5 Å². The number of carbonyl (C=O) groups is 1. The summed E-state index contributed by atoms with van der Waals surface area (Å²) in [6, 6.07) is 4.04. The number of anilines is 2. The van der Waals surface area contributed by atoms with E-state index in [1.54, 1.807) is 6.92 Å². The summed E-state index contributed by atoms with van der Waals surface area (Å²) in [6.07, 6.45) is 0.267. The molecule has 0 aliphatic heterocycles. The molecule has 0 saturated carbocycles. The molecule has 0 atom stereocenters. The molecule has 1 amide bonds. The molecule has 0 spiro atoms. The van der Waals surface area contributed by atoms with E-state index in [1.165, 1.54) is 30.0 Å². The Kier molecular flexibility index (Phi) is 4.57. The first kappa shape index (κ1) is 14.3. The van der Waals surface area contributed by atoms with Crippen LogP contribution in [0.25, 0.3) is 0 Å². The van der Waals surface area contributed by atoms with Gasteiger partial charge in [-0.25, -0.2) is 4.39 Å². The summed E-state index contributed by atoms with van der Waals surface area (Å²) >= 11 is 1.30. The number of halogens is 1. The van der Waals surface area contributed by atoms with E-state index < -0.39 is 5.82 Å². The number of rotatable bonds is 5. The van der Waals surface area contributed by atoms with Crippen molar-refractivity contribution in [2.24, 2.45) is 0 Å². The lowest BCUT2D eigenvalue weighted by Gasteiger charge is -2.05. The van der Waals surface area contributed by atoms with Crippen molar-refractivity contribution < 1.29 is 13.6 Å². The van der Waals surface area contributed by atoms with Crippen LogP contribution in [0.15, 0.2) is 27.8 Å². The van der Waals surface area contributed by atoms with Gasteiger partial charge in [0.1, 0.15) is 5.82 Å². The first-order valence-electron chi connectivity index (χ1n) is 5.82. The number of nitrogen functional groups attached to an aromatic ring is 1. The molecule has 6 nitrogen and oxygen atoms in total. The number of benzene rings is 1. The maximum atomic E-state index is 13.0. The molecule has 0 unspecified atom stereocenters. The summed E-state index contributed by atoms with van der Waals surface area (Å²) in [5.74, 6) is 0.285. The largest absolute Gasteiger partial charge is 0.416 e. The number of aromatic nitrogens is 2. The number of aryl methyl sites for hydroxylation is 1. The number of hydrogen-bond donors (Lipinski definition) is 2. The van der Waals surface area contributed by atoms with Crippen molar-refractivity contribution in [1.82, 2.24) is 10.2 Å². The van der Waals surface area contributed by atoms with E-state index in [9.17, 15) is 9.18 Å². The molecule has 0 aliphatic carbocycles. The molecule has 8 heteroatoms. The van der Waals surface area contributed by atoms with E-state index in [1.807, 2.05) is 0 Å². The fraction of sp³-hybridized carbons (Fsp3) is 0.250. The predicted molar refractivity (Wildman–Crippen MR) is 73.8 cm³/mol. The first-order chi connectivity index (χ1) is 9.54. The molecule has 1 aromatic heterocycles. The van der Waals surface area contributed by atoms with Gasteiger partial charge in [0.2, 0.25) is 11.8 Å². The molecular weight excluding hydrogens is 283 g/mol. The van der Waals surface area contributed by atoms with Gasteiger partial charge in [0, 0.05) is 24.8 Å². The standard InChI is InChI=1S/C12H13FN4O2S/c1-7-16-17-12(19-7)20-5-4-11(18)15-8-2-3-9(13)10(14)6-8/h2-3,6H,4-5,14H2,1H3,(H,15,18). The van der Waals surface area contributed by atoms with Crippen LogP contribution in [-0.4, -0.2) is 21.9 Å². The number of carbonyl (C=O) groups excluding carboxylic acids is 1. The molecule has 0 bridgehead atoms. The van der Waals surface area contributed by atoms with Crippen LogP contribution in [0.5, 0.6) is 0 Å². The monoisotopic (exact) mass is 296 g/mol. The Hall–Kier alpha value is -2.09. The fourth-order valence-corrected chi connectivity index (χ4v) is 2.15. The van der Waals surface area contributed by atoms with Crippen molar-refractivity contribution in [1.29, 1.82) is 0 Å². The number of thioether (sulfide) groups is 1. The van der Waals surface area contributed by atoms with Crippen molar-refractivity contribution in [3.63, 3.8) is 0 Å². The summed E-state index contributed by atoms with van der Waals surface area (Å²) in [5.41, 5.74) is 5.88. The van der Waals surface area contributed by atoms with E-state index in [2.05, 4.69) is 15.5 Å². The van der Waals surface area contributed by atoms with Crippen molar-refractivity contribution in [2.75, 3.05) is 16.8 Å². The highest BCUT2D eigenvalue weighted by molar-refractivity contribution is 7.99. The number of amides is 1. The Morgan fingerprint density at radius 2 is 2.30 bits per heavy atom. The lowest BCUT2D eigenvalue weighted by Crippen LogP contribution is -2.12. The van der Waals surface area contributed by atoms with E-state index in [-0.39, 0.29) is 18.0 Å². The third-order valence-corrected chi connectivity index (χ3v) is 3.16. The summed E-state index contributed by atoms with van der Waals surface area (Å²) in [4.78, 5) is 11.7. The van der Waals surface area contributed by atoms with Gasteiger partial charge in [0.05, 0.1) is 5.69 Å². The zero-order valence-corrected chi connectivity index (χ0v) is 11.5. The van der Waals surface area contributed by atoms with Gasteiger partial charge in [-0.05, 0) is 18.2 Å². The maximum Gasteiger partial charge on any atom is 0.276 e. The van der Waals surface area contributed by atoms with E-state index in [0.717, 1.165) is 0 Å². The minimum absolute atomic E-state index is 0.00138. The van der Waals surface area contributed by atoms with Crippen LogP contribution in [0.4, 0.5) is 15.8 Å². The Labute approximate surface area is 118 Å². The van der Waals surface area contributed by atoms with Crippen LogP contribution in [0, 0.1) is 12.7 Å². The Balaban J connectivity index is 1.79. The first-order valence-corrected chi connectivity index (χ1v) is 6.81. The van der Waals surface area contributed by atoms with E-state index >= 15 is 0 Å². The maximum absolute atomic E-state index is 13.0. The molecule has 3 N–H and O–H groups in total. The van der Waals surface area contributed by atoms with Crippen LogP contribution in [0.1, 0.15) is 12.3 Å². The fourth-order valence-electron chi connectivity index (χ4n) is 1.41. The minimum atomic E-state index is -0.509. The smallest absolute Gasteiger partial charge is 0.276 e. The van der Waals surface area contributed by atoms with Gasteiger partial charge in [-0.2, -0.15) is 0 Å². The number of nitrogens with two attached hydrogens (primary N) is 1. The van der Waals surface area contributed by atoms with Crippen LogP contribution < -0.4 is 11.1 Å². The average Bonchev–Trinajstić information content (AvgIpc) is 2.80. The summed E-state index contributed by atoms with van der Waals surface area (Å²) < 4.78 is 18.1. The Bertz CT molecular complexity index is 617. The normalized spacial score (nSPS) is 10.5. The molecule has 0 saturated heterocycles. The molecule has 1 heterocycles. The van der Waals surface area contributed by atoms with Crippen molar-refractivity contribution in [3.8, 4) is 0 Å². The second kappa shape index (κ2) is 6.38. The molecule has 2 aromatic rings. The average molecular weight is 296 g/mol. The molecular formula is C12H13FN4O2S. The van der Waals surface area contributed by atoms with Crippen LogP contribution in [0.2, 0.25) is 0 Å². The summed E-state index contributed by atoms with van der Waals surface area (Å²) in [7, 11) is 0. The van der Waals surface area contributed by atoms with Gasteiger partial charge in [-0.15, -0.1) is 10.2 Å². The number of hydrogen-bond acceptors (Lipinski definition) is 6. The van der Waals surface area contributed by atoms with Crippen LogP contribution in [-0.2, 0) is 4.79 Å². The van der Waals surface area contributed by atoms with Gasteiger partial charge in [-0.1, -0.05) is 11.8 Å². The third kappa shape index (κ3) is 3.95. The minimum Gasteiger partial charge on any atom is -0.416 e. The zero-order valence-electron chi connectivity index (χ0n) is 10.7. The molecule has 0 radical (unpaired) electrons. The second-order valence-corrected chi connectivity index (χ2v) is 5.02. The number of nitrogens with zero attached hydrogens (tertiary/aromatic N) is 2. The highest BCUT2D eigenvalue weighted by Crippen LogP contribution is 2.18. The lowest BCUT2D eigenvalue weighted by molar-refractivity contribution is -0.115. The summed E-state index contributed by atoms with van der Waals surface area (Å²) in [6.45, 7) is 1.70. The van der Waals surface area contributed by atoms with Gasteiger partial charge in [0.25, 0.3) is 5.22 Å². The Morgan fingerprint density at radius 3 is 2.95 bits per heavy atom. The third-order valence-electron chi connectivity index (χ3n) is 2.34. The lowest BCUT2D eigenvalue weighted by atomic mass is 10.2.